The Labute approximate surface area is 141 Å². The van der Waals surface area contributed by atoms with Crippen LogP contribution in [0.1, 0.15) is 44.0 Å². The summed E-state index contributed by atoms with van der Waals surface area (Å²) in [5, 5.41) is 7.18. The second-order valence-electron chi connectivity index (χ2n) is 6.03. The van der Waals surface area contributed by atoms with Crippen LogP contribution < -0.4 is 10.6 Å². The molecule has 1 unspecified atom stereocenters. The Morgan fingerprint density at radius 1 is 1.29 bits per heavy atom. The highest BCUT2D eigenvalue weighted by Crippen LogP contribution is 2.23. The standard InChI is InChI=1S/C16H27N3.2ClH/c1-12(2)15(16-13(3)5-4-8-18-16)19-11-14-6-9-17-10-7-14;;/h4-5,8,12,14-15,17,19H,6-7,9-11H2,1-3H3;2*1H. The average molecular weight is 334 g/mol. The first-order valence-corrected chi connectivity index (χ1v) is 7.54. The molecule has 2 N–H and O–H groups in total. The molecule has 1 aromatic rings. The molecule has 0 spiro atoms. The zero-order valence-corrected chi connectivity index (χ0v) is 14.9. The van der Waals surface area contributed by atoms with Crippen molar-refractivity contribution in [2.24, 2.45) is 11.8 Å². The number of pyridine rings is 1. The molecule has 3 nitrogen and oxygen atoms in total. The van der Waals surface area contributed by atoms with Crippen molar-refractivity contribution in [3.05, 3.63) is 29.6 Å². The summed E-state index contributed by atoms with van der Waals surface area (Å²) in [4.78, 5) is 4.59. The number of rotatable bonds is 5. The number of hydrogen-bond acceptors (Lipinski definition) is 3. The molecule has 1 saturated heterocycles. The Kier molecular flexibility index (Phi) is 10.2. The van der Waals surface area contributed by atoms with Gasteiger partial charge in [0, 0.05) is 6.20 Å². The molecular weight excluding hydrogens is 305 g/mol. The second-order valence-corrected chi connectivity index (χ2v) is 6.03. The van der Waals surface area contributed by atoms with Crippen LogP contribution in [0, 0.1) is 18.8 Å². The van der Waals surface area contributed by atoms with Crippen molar-refractivity contribution < 1.29 is 0 Å². The van der Waals surface area contributed by atoms with Crippen LogP contribution in [-0.4, -0.2) is 24.6 Å². The molecule has 1 atom stereocenters. The number of nitrogens with one attached hydrogen (secondary N) is 2. The Balaban J connectivity index is 0.00000200. The van der Waals surface area contributed by atoms with Crippen molar-refractivity contribution in [1.82, 2.24) is 15.6 Å². The molecule has 1 aliphatic heterocycles. The largest absolute Gasteiger partial charge is 0.317 e. The number of nitrogens with zero attached hydrogens (tertiary/aromatic N) is 1. The Morgan fingerprint density at radius 2 is 1.95 bits per heavy atom. The molecule has 0 aromatic carbocycles. The zero-order valence-electron chi connectivity index (χ0n) is 13.3. The molecule has 21 heavy (non-hydrogen) atoms. The summed E-state index contributed by atoms with van der Waals surface area (Å²) in [6, 6.07) is 4.54. The van der Waals surface area contributed by atoms with Gasteiger partial charge >= 0.3 is 0 Å². The maximum absolute atomic E-state index is 4.59. The van der Waals surface area contributed by atoms with Gasteiger partial charge in [0.1, 0.15) is 0 Å². The van der Waals surface area contributed by atoms with E-state index >= 15 is 0 Å². The summed E-state index contributed by atoms with van der Waals surface area (Å²) in [6.07, 6.45) is 4.49. The van der Waals surface area contributed by atoms with Gasteiger partial charge in [-0.3, -0.25) is 4.98 Å². The monoisotopic (exact) mass is 333 g/mol. The van der Waals surface area contributed by atoms with Gasteiger partial charge in [-0.05, 0) is 62.9 Å². The molecule has 1 aliphatic rings. The van der Waals surface area contributed by atoms with E-state index in [0.717, 1.165) is 12.5 Å². The molecule has 0 amide bonds. The van der Waals surface area contributed by atoms with Crippen LogP contribution >= 0.6 is 24.8 Å². The van der Waals surface area contributed by atoms with Gasteiger partial charge in [0.15, 0.2) is 0 Å². The zero-order chi connectivity index (χ0) is 13.7. The summed E-state index contributed by atoms with van der Waals surface area (Å²) >= 11 is 0. The fourth-order valence-electron chi connectivity index (χ4n) is 2.85. The van der Waals surface area contributed by atoms with Gasteiger partial charge in [-0.1, -0.05) is 19.9 Å². The molecule has 122 valence electrons. The number of aromatic nitrogens is 1. The first kappa shape index (κ1) is 20.6. The predicted octanol–water partition coefficient (Wildman–Crippen LogP) is 3.52. The number of aryl methyl sites for hydroxylation is 1. The molecule has 2 heterocycles. The topological polar surface area (TPSA) is 37.0 Å². The smallest absolute Gasteiger partial charge is 0.0604 e. The second kappa shape index (κ2) is 10.4. The van der Waals surface area contributed by atoms with Crippen LogP contribution in [0.3, 0.4) is 0 Å². The lowest BCUT2D eigenvalue weighted by Gasteiger charge is -2.28. The summed E-state index contributed by atoms with van der Waals surface area (Å²) in [5.41, 5.74) is 2.51. The van der Waals surface area contributed by atoms with Crippen molar-refractivity contribution in [2.45, 2.75) is 39.7 Å². The van der Waals surface area contributed by atoms with E-state index < -0.39 is 0 Å². The lowest BCUT2D eigenvalue weighted by Crippen LogP contribution is -2.36. The molecule has 0 radical (unpaired) electrons. The van der Waals surface area contributed by atoms with E-state index in [9.17, 15) is 0 Å². The summed E-state index contributed by atoms with van der Waals surface area (Å²) in [5.74, 6) is 1.38. The van der Waals surface area contributed by atoms with Gasteiger partial charge in [-0.2, -0.15) is 0 Å². The third kappa shape index (κ3) is 6.11. The van der Waals surface area contributed by atoms with Gasteiger partial charge in [0.25, 0.3) is 0 Å². The summed E-state index contributed by atoms with van der Waals surface area (Å²) < 4.78 is 0. The molecular formula is C16H29Cl2N3. The minimum Gasteiger partial charge on any atom is -0.317 e. The van der Waals surface area contributed by atoms with Gasteiger partial charge in [-0.15, -0.1) is 24.8 Å². The van der Waals surface area contributed by atoms with Crippen LogP contribution in [0.4, 0.5) is 0 Å². The quantitative estimate of drug-likeness (QED) is 0.865. The molecule has 5 heteroatoms. The van der Waals surface area contributed by atoms with E-state index in [4.69, 9.17) is 0 Å². The normalized spacial score (nSPS) is 17.0. The van der Waals surface area contributed by atoms with Crippen LogP contribution in [0.2, 0.25) is 0 Å². The van der Waals surface area contributed by atoms with Crippen molar-refractivity contribution >= 4 is 24.8 Å². The number of halogens is 2. The van der Waals surface area contributed by atoms with E-state index in [1.165, 1.54) is 37.2 Å². The first-order chi connectivity index (χ1) is 9.18. The van der Waals surface area contributed by atoms with E-state index in [2.05, 4.69) is 42.5 Å². The fraction of sp³-hybridized carbons (Fsp3) is 0.688. The highest BCUT2D eigenvalue weighted by Gasteiger charge is 2.21. The minimum absolute atomic E-state index is 0. The molecule has 0 bridgehead atoms. The molecule has 2 rings (SSSR count). The average Bonchev–Trinajstić information content (AvgIpc) is 2.42. The minimum atomic E-state index is 0. The maximum Gasteiger partial charge on any atom is 0.0604 e. The third-order valence-electron chi connectivity index (χ3n) is 4.10. The molecule has 0 aliphatic carbocycles. The van der Waals surface area contributed by atoms with Crippen molar-refractivity contribution in [1.29, 1.82) is 0 Å². The highest BCUT2D eigenvalue weighted by atomic mass is 35.5. The molecule has 1 fully saturated rings. The fourth-order valence-corrected chi connectivity index (χ4v) is 2.85. The van der Waals surface area contributed by atoms with Gasteiger partial charge in [-0.25, -0.2) is 0 Å². The summed E-state index contributed by atoms with van der Waals surface area (Å²) in [6.45, 7) is 10.1. The Bertz CT molecular complexity index is 393. The van der Waals surface area contributed by atoms with Gasteiger partial charge in [0.2, 0.25) is 0 Å². The number of hydrogen-bond donors (Lipinski definition) is 2. The first-order valence-electron chi connectivity index (χ1n) is 7.54. The SMILES string of the molecule is Cc1cccnc1C(NCC1CCNCC1)C(C)C.Cl.Cl. The van der Waals surface area contributed by atoms with E-state index in [-0.39, 0.29) is 24.8 Å². The lowest BCUT2D eigenvalue weighted by atomic mass is 9.94. The van der Waals surface area contributed by atoms with Gasteiger partial charge < -0.3 is 10.6 Å². The van der Waals surface area contributed by atoms with E-state index in [0.29, 0.717) is 12.0 Å². The van der Waals surface area contributed by atoms with E-state index in [1.807, 2.05) is 12.3 Å². The van der Waals surface area contributed by atoms with Crippen molar-refractivity contribution in [3.63, 3.8) is 0 Å². The molecule has 0 saturated carbocycles. The predicted molar refractivity (Wildman–Crippen MR) is 94.6 cm³/mol. The van der Waals surface area contributed by atoms with Crippen LogP contribution in [0.25, 0.3) is 0 Å². The van der Waals surface area contributed by atoms with Crippen LogP contribution in [0.15, 0.2) is 18.3 Å². The lowest BCUT2D eigenvalue weighted by molar-refractivity contribution is 0.314. The van der Waals surface area contributed by atoms with Crippen LogP contribution in [0.5, 0.6) is 0 Å². The van der Waals surface area contributed by atoms with Crippen molar-refractivity contribution in [2.75, 3.05) is 19.6 Å². The maximum atomic E-state index is 4.59. The number of piperidine rings is 1. The van der Waals surface area contributed by atoms with E-state index in [1.54, 1.807) is 0 Å². The van der Waals surface area contributed by atoms with Gasteiger partial charge in [0.05, 0.1) is 11.7 Å². The van der Waals surface area contributed by atoms with Crippen molar-refractivity contribution in [3.8, 4) is 0 Å². The van der Waals surface area contributed by atoms with Crippen LogP contribution in [-0.2, 0) is 0 Å². The Morgan fingerprint density at radius 3 is 2.52 bits per heavy atom. The highest BCUT2D eigenvalue weighted by molar-refractivity contribution is 5.85. The summed E-state index contributed by atoms with van der Waals surface area (Å²) in [7, 11) is 0. The Hall–Kier alpha value is -0.350. The molecule has 1 aromatic heterocycles. The third-order valence-corrected chi connectivity index (χ3v) is 4.10.